The number of rotatable bonds is 2. The van der Waals surface area contributed by atoms with Gasteiger partial charge in [-0.05, 0) is 6.92 Å². The maximum Gasteiger partial charge on any atom is 0.199 e. The van der Waals surface area contributed by atoms with Crippen molar-refractivity contribution in [1.29, 1.82) is 0 Å². The summed E-state index contributed by atoms with van der Waals surface area (Å²) in [5, 5.41) is 22.9. The van der Waals surface area contributed by atoms with E-state index in [1.54, 1.807) is 0 Å². The number of guanidine groups is 1. The number of aliphatic hydroxyl groups excluding tert-OH is 2. The van der Waals surface area contributed by atoms with Crippen molar-refractivity contribution in [2.24, 2.45) is 16.5 Å². The Hall–Kier alpha value is -2.38. The van der Waals surface area contributed by atoms with E-state index in [-0.39, 0.29) is 5.96 Å². The van der Waals surface area contributed by atoms with Gasteiger partial charge >= 0.3 is 0 Å². The Morgan fingerprint density at radius 2 is 2.35 bits per heavy atom. The molecule has 5 atom stereocenters. The Balaban J connectivity index is 2.10. The summed E-state index contributed by atoms with van der Waals surface area (Å²) in [5.41, 5.74) is 11.3. The molecule has 9 nitrogen and oxygen atoms in total. The second kappa shape index (κ2) is 5.07. The van der Waals surface area contributed by atoms with Crippen LogP contribution in [0.5, 0.6) is 0 Å². The zero-order valence-corrected chi connectivity index (χ0v) is 12.5. The van der Waals surface area contributed by atoms with Gasteiger partial charge in [-0.25, -0.2) is 4.98 Å². The summed E-state index contributed by atoms with van der Waals surface area (Å²) in [6.45, 7) is 5.30. The highest BCUT2D eigenvalue weighted by Gasteiger charge is 2.56. The largest absolute Gasteiger partial charge is 0.391 e. The standard InChI is InChI=1S/C14H18N6O3/c1-4-14(16)10(22)9(7(3)21)23-12(14)20-5-17-8-6(2)18-13(15)19-11(8)20/h1,5,7,9-10,12,21-22H,2,16H2,3H3,(H3,15,18,19)/t7-,9?,10?,12-,14-/m1/s1. The molecule has 2 aliphatic rings. The monoisotopic (exact) mass is 318 g/mol. The topological polar surface area (TPSA) is 144 Å². The zero-order valence-electron chi connectivity index (χ0n) is 12.5. The Kier molecular flexibility index (Phi) is 3.42. The van der Waals surface area contributed by atoms with Gasteiger partial charge in [-0.1, -0.05) is 12.5 Å². The maximum atomic E-state index is 10.4. The lowest BCUT2D eigenvalue weighted by molar-refractivity contribution is -0.0761. The van der Waals surface area contributed by atoms with Crippen LogP contribution in [0.15, 0.2) is 17.9 Å². The molecule has 0 radical (unpaired) electrons. The smallest absolute Gasteiger partial charge is 0.199 e. The Morgan fingerprint density at radius 3 is 2.96 bits per heavy atom. The highest BCUT2D eigenvalue weighted by atomic mass is 16.5. The van der Waals surface area contributed by atoms with E-state index in [1.165, 1.54) is 17.8 Å². The maximum absolute atomic E-state index is 10.4. The van der Waals surface area contributed by atoms with Crippen LogP contribution in [0.25, 0.3) is 5.70 Å². The van der Waals surface area contributed by atoms with E-state index in [9.17, 15) is 10.2 Å². The van der Waals surface area contributed by atoms with Gasteiger partial charge in [-0.2, -0.15) is 4.99 Å². The van der Waals surface area contributed by atoms with Gasteiger partial charge in [0.2, 0.25) is 0 Å². The summed E-state index contributed by atoms with van der Waals surface area (Å²) in [7, 11) is 0. The quantitative estimate of drug-likeness (QED) is 0.412. The number of nitrogens with zero attached hydrogens (tertiary/aromatic N) is 3. The highest BCUT2D eigenvalue weighted by molar-refractivity contribution is 5.93. The van der Waals surface area contributed by atoms with Crippen molar-refractivity contribution < 1.29 is 14.9 Å². The van der Waals surface area contributed by atoms with Crippen molar-refractivity contribution in [2.45, 2.75) is 37.0 Å². The summed E-state index contributed by atoms with van der Waals surface area (Å²) in [6, 6.07) is 0. The Morgan fingerprint density at radius 1 is 1.65 bits per heavy atom. The van der Waals surface area contributed by atoms with Crippen LogP contribution in [0.3, 0.4) is 0 Å². The summed E-state index contributed by atoms with van der Waals surface area (Å²) >= 11 is 0. The number of aliphatic hydroxyl groups is 2. The molecular weight excluding hydrogens is 300 g/mol. The fraction of sp³-hybridized carbons (Fsp3) is 0.429. The number of hydrogen-bond acceptors (Lipinski definition) is 8. The lowest BCUT2D eigenvalue weighted by Crippen LogP contribution is -2.54. The number of imidazole rings is 1. The van der Waals surface area contributed by atoms with Gasteiger partial charge in [0.05, 0.1) is 18.1 Å². The fourth-order valence-electron chi connectivity index (χ4n) is 2.79. The van der Waals surface area contributed by atoms with Crippen LogP contribution in [0.1, 0.15) is 18.8 Å². The van der Waals surface area contributed by atoms with Crippen molar-refractivity contribution in [2.75, 3.05) is 0 Å². The molecule has 0 saturated carbocycles. The first-order valence-corrected chi connectivity index (χ1v) is 6.95. The third-order valence-corrected chi connectivity index (χ3v) is 4.03. The molecule has 3 heterocycles. The van der Waals surface area contributed by atoms with Crippen LogP contribution >= 0.6 is 0 Å². The predicted molar refractivity (Wildman–Crippen MR) is 83.0 cm³/mol. The summed E-state index contributed by atoms with van der Waals surface area (Å²) in [6.07, 6.45) is 2.82. The molecule has 3 rings (SSSR count). The molecule has 23 heavy (non-hydrogen) atoms. The highest BCUT2D eigenvalue weighted by Crippen LogP contribution is 2.41. The second-order valence-electron chi connectivity index (χ2n) is 5.64. The van der Waals surface area contributed by atoms with Crippen LogP contribution in [0, 0.1) is 12.3 Å². The summed E-state index contributed by atoms with van der Waals surface area (Å²) < 4.78 is 7.20. The van der Waals surface area contributed by atoms with Gasteiger partial charge < -0.3 is 31.7 Å². The molecule has 122 valence electrons. The normalized spacial score (nSPS) is 34.3. The molecule has 1 aromatic heterocycles. The van der Waals surface area contributed by atoms with Gasteiger partial charge in [0, 0.05) is 0 Å². The first kappa shape index (κ1) is 15.5. The van der Waals surface area contributed by atoms with Crippen molar-refractivity contribution >= 4 is 17.5 Å². The van der Waals surface area contributed by atoms with E-state index in [0.717, 1.165) is 0 Å². The first-order valence-electron chi connectivity index (χ1n) is 6.95. The van der Waals surface area contributed by atoms with Gasteiger partial charge in [0.25, 0.3) is 0 Å². The fourth-order valence-corrected chi connectivity index (χ4v) is 2.79. The molecule has 7 N–H and O–H groups in total. The van der Waals surface area contributed by atoms with Crippen LogP contribution in [0.2, 0.25) is 0 Å². The number of aromatic nitrogens is 2. The summed E-state index contributed by atoms with van der Waals surface area (Å²) in [4.78, 5) is 8.37. The number of aliphatic imine (C=N–C) groups is 1. The van der Waals surface area contributed by atoms with E-state index in [1.807, 2.05) is 0 Å². The minimum Gasteiger partial charge on any atom is -0.391 e. The molecule has 1 saturated heterocycles. The van der Waals surface area contributed by atoms with E-state index in [4.69, 9.17) is 22.6 Å². The molecule has 0 spiro atoms. The SMILES string of the molecule is C#C[C@@]1(N)C(O)C([C@@H](C)O)O[C@H]1n1cnc2c1N=C(N)NC2=C. The van der Waals surface area contributed by atoms with Gasteiger partial charge in [-0.15, -0.1) is 6.42 Å². The van der Waals surface area contributed by atoms with Gasteiger partial charge in [0.1, 0.15) is 17.9 Å². The number of nitrogens with two attached hydrogens (primary N) is 2. The number of nitrogens with one attached hydrogen (secondary N) is 1. The Bertz CT molecular complexity index is 733. The van der Waals surface area contributed by atoms with Crippen molar-refractivity contribution in [1.82, 2.24) is 14.9 Å². The van der Waals surface area contributed by atoms with Gasteiger partial charge in [-0.3, -0.25) is 4.57 Å². The molecule has 1 fully saturated rings. The van der Waals surface area contributed by atoms with Crippen LogP contribution < -0.4 is 16.8 Å². The minimum absolute atomic E-state index is 0.137. The molecule has 1 aromatic rings. The molecule has 9 heteroatoms. The lowest BCUT2D eigenvalue weighted by Gasteiger charge is -2.28. The number of ether oxygens (including phenoxy) is 1. The second-order valence-corrected chi connectivity index (χ2v) is 5.64. The molecule has 0 amide bonds. The van der Waals surface area contributed by atoms with Crippen LogP contribution in [-0.2, 0) is 4.74 Å². The summed E-state index contributed by atoms with van der Waals surface area (Å²) in [5.74, 6) is 2.87. The Labute approximate surface area is 132 Å². The third kappa shape index (κ3) is 2.12. The van der Waals surface area contributed by atoms with E-state index in [2.05, 4.69) is 27.8 Å². The number of terminal acetylenes is 1. The molecule has 0 aliphatic carbocycles. The van der Waals surface area contributed by atoms with E-state index in [0.29, 0.717) is 17.2 Å². The van der Waals surface area contributed by atoms with Crippen LogP contribution in [0.4, 0.5) is 5.82 Å². The molecule has 2 unspecified atom stereocenters. The van der Waals surface area contributed by atoms with E-state index >= 15 is 0 Å². The van der Waals surface area contributed by atoms with Crippen molar-refractivity contribution in [3.05, 3.63) is 18.6 Å². The zero-order chi connectivity index (χ0) is 16.9. The average Bonchev–Trinajstić information content (AvgIpc) is 3.00. The van der Waals surface area contributed by atoms with Crippen molar-refractivity contribution in [3.8, 4) is 12.3 Å². The molecule has 0 aromatic carbocycles. The minimum atomic E-state index is -1.56. The van der Waals surface area contributed by atoms with Crippen LogP contribution in [-0.4, -0.2) is 49.6 Å². The molecular formula is C14H18N6O3. The van der Waals surface area contributed by atoms with Gasteiger partial charge in [0.15, 0.2) is 23.5 Å². The third-order valence-electron chi connectivity index (χ3n) is 4.03. The first-order chi connectivity index (χ1) is 10.8. The number of fused-ring (bicyclic) bond motifs is 1. The van der Waals surface area contributed by atoms with E-state index < -0.39 is 30.1 Å². The van der Waals surface area contributed by atoms with Crippen molar-refractivity contribution in [3.63, 3.8) is 0 Å². The predicted octanol–water partition coefficient (Wildman–Crippen LogP) is -1.63. The lowest BCUT2D eigenvalue weighted by atomic mass is 9.90. The molecule has 0 bridgehead atoms. The number of hydrogen-bond donors (Lipinski definition) is 5. The average molecular weight is 318 g/mol. The molecule has 2 aliphatic heterocycles.